The van der Waals surface area contributed by atoms with E-state index in [0.29, 0.717) is 5.41 Å². The fourth-order valence-corrected chi connectivity index (χ4v) is 2.22. The van der Waals surface area contributed by atoms with Gasteiger partial charge >= 0.3 is 0 Å². The van der Waals surface area contributed by atoms with Crippen molar-refractivity contribution in [3.8, 4) is 0 Å². The Morgan fingerprint density at radius 1 is 0.944 bits per heavy atom. The molecule has 2 aromatic rings. The van der Waals surface area contributed by atoms with Crippen molar-refractivity contribution in [1.82, 2.24) is 0 Å². The van der Waals surface area contributed by atoms with Gasteiger partial charge in [0, 0.05) is 17.6 Å². The summed E-state index contributed by atoms with van der Waals surface area (Å²) < 4.78 is 0. The SMILES string of the molecule is CC(C)(C)CCCNc1cccc2ccccc12. The molecule has 0 aromatic heterocycles. The van der Waals surface area contributed by atoms with Crippen LogP contribution in [0.2, 0.25) is 0 Å². The standard InChI is InChI=1S/C17H23N/c1-17(2,3)12-7-13-18-16-11-6-9-14-8-4-5-10-15(14)16/h4-6,8-11,18H,7,12-13H2,1-3H3. The van der Waals surface area contributed by atoms with Gasteiger partial charge in [0.1, 0.15) is 0 Å². The molecule has 2 aromatic carbocycles. The lowest BCUT2D eigenvalue weighted by molar-refractivity contribution is 0.370. The lowest BCUT2D eigenvalue weighted by Gasteiger charge is -2.18. The minimum absolute atomic E-state index is 0.431. The normalized spacial score (nSPS) is 11.7. The second kappa shape index (κ2) is 5.43. The zero-order valence-corrected chi connectivity index (χ0v) is 11.7. The first kappa shape index (κ1) is 12.9. The van der Waals surface area contributed by atoms with Crippen LogP contribution in [0.3, 0.4) is 0 Å². The third kappa shape index (κ3) is 3.49. The van der Waals surface area contributed by atoms with Gasteiger partial charge < -0.3 is 5.32 Å². The Hall–Kier alpha value is -1.50. The van der Waals surface area contributed by atoms with Gasteiger partial charge in [-0.2, -0.15) is 0 Å². The average Bonchev–Trinajstić information content (AvgIpc) is 2.33. The third-order valence-electron chi connectivity index (χ3n) is 3.21. The summed E-state index contributed by atoms with van der Waals surface area (Å²) in [6.07, 6.45) is 2.47. The highest BCUT2D eigenvalue weighted by Crippen LogP contribution is 2.24. The van der Waals surface area contributed by atoms with Gasteiger partial charge in [-0.15, -0.1) is 0 Å². The predicted octanol–water partition coefficient (Wildman–Crippen LogP) is 5.08. The summed E-state index contributed by atoms with van der Waals surface area (Å²) in [4.78, 5) is 0. The van der Waals surface area contributed by atoms with Crippen LogP contribution >= 0.6 is 0 Å². The highest BCUT2D eigenvalue weighted by atomic mass is 14.9. The topological polar surface area (TPSA) is 12.0 Å². The molecule has 0 amide bonds. The Bertz CT molecular complexity index is 503. The molecule has 18 heavy (non-hydrogen) atoms. The van der Waals surface area contributed by atoms with Gasteiger partial charge in [0.15, 0.2) is 0 Å². The Labute approximate surface area is 110 Å². The highest BCUT2D eigenvalue weighted by molar-refractivity contribution is 5.93. The van der Waals surface area contributed by atoms with E-state index in [-0.39, 0.29) is 0 Å². The molecule has 1 N–H and O–H groups in total. The number of benzene rings is 2. The Morgan fingerprint density at radius 2 is 1.67 bits per heavy atom. The van der Waals surface area contributed by atoms with Gasteiger partial charge in [-0.1, -0.05) is 57.2 Å². The van der Waals surface area contributed by atoms with Gasteiger partial charge in [-0.25, -0.2) is 0 Å². The second-order valence-corrected chi connectivity index (χ2v) is 6.12. The molecule has 1 nitrogen and oxygen atoms in total. The van der Waals surface area contributed by atoms with Gasteiger partial charge in [-0.05, 0) is 29.7 Å². The Morgan fingerprint density at radius 3 is 2.44 bits per heavy atom. The molecule has 0 saturated carbocycles. The number of rotatable bonds is 4. The maximum absolute atomic E-state index is 3.56. The van der Waals surface area contributed by atoms with E-state index in [1.807, 2.05) is 0 Å². The van der Waals surface area contributed by atoms with Crippen molar-refractivity contribution in [3.05, 3.63) is 42.5 Å². The molecule has 0 spiro atoms. The van der Waals surface area contributed by atoms with Crippen molar-refractivity contribution in [3.63, 3.8) is 0 Å². The van der Waals surface area contributed by atoms with E-state index >= 15 is 0 Å². The minimum atomic E-state index is 0.431. The van der Waals surface area contributed by atoms with Crippen LogP contribution < -0.4 is 5.32 Å². The molecule has 1 heteroatoms. The molecule has 0 radical (unpaired) electrons. The van der Waals surface area contributed by atoms with E-state index in [0.717, 1.165) is 6.54 Å². The quantitative estimate of drug-likeness (QED) is 0.736. The first-order chi connectivity index (χ1) is 8.56. The van der Waals surface area contributed by atoms with Gasteiger partial charge in [0.2, 0.25) is 0 Å². The predicted molar refractivity (Wildman–Crippen MR) is 81.1 cm³/mol. The number of fused-ring (bicyclic) bond motifs is 1. The van der Waals surface area contributed by atoms with Crippen LogP contribution in [-0.2, 0) is 0 Å². The summed E-state index contributed by atoms with van der Waals surface area (Å²) in [5.41, 5.74) is 1.68. The molecule has 0 bridgehead atoms. The van der Waals surface area contributed by atoms with Crippen LogP contribution in [0, 0.1) is 5.41 Å². The fourth-order valence-electron chi connectivity index (χ4n) is 2.22. The zero-order chi connectivity index (χ0) is 13.0. The van der Waals surface area contributed by atoms with E-state index in [9.17, 15) is 0 Å². The van der Waals surface area contributed by atoms with Crippen LogP contribution in [-0.4, -0.2) is 6.54 Å². The summed E-state index contributed by atoms with van der Waals surface area (Å²) in [6, 6.07) is 15.0. The van der Waals surface area contributed by atoms with Crippen LogP contribution in [0.1, 0.15) is 33.6 Å². The van der Waals surface area contributed by atoms with Crippen LogP contribution in [0.15, 0.2) is 42.5 Å². The lowest BCUT2D eigenvalue weighted by atomic mass is 9.90. The maximum atomic E-state index is 3.56. The molecule has 0 aliphatic heterocycles. The molecule has 0 aliphatic rings. The monoisotopic (exact) mass is 241 g/mol. The fraction of sp³-hybridized carbons (Fsp3) is 0.412. The molecular formula is C17H23N. The first-order valence-corrected chi connectivity index (χ1v) is 6.78. The van der Waals surface area contributed by atoms with E-state index < -0.39 is 0 Å². The van der Waals surface area contributed by atoms with Crippen molar-refractivity contribution < 1.29 is 0 Å². The van der Waals surface area contributed by atoms with Crippen LogP contribution in [0.25, 0.3) is 10.8 Å². The van der Waals surface area contributed by atoms with Crippen molar-refractivity contribution in [1.29, 1.82) is 0 Å². The lowest BCUT2D eigenvalue weighted by Crippen LogP contribution is -2.09. The minimum Gasteiger partial charge on any atom is -0.385 e. The summed E-state index contributed by atoms with van der Waals surface area (Å²) in [5.74, 6) is 0. The van der Waals surface area contributed by atoms with E-state index in [2.05, 4.69) is 68.6 Å². The summed E-state index contributed by atoms with van der Waals surface area (Å²) in [6.45, 7) is 7.94. The average molecular weight is 241 g/mol. The third-order valence-corrected chi connectivity index (χ3v) is 3.21. The molecule has 96 valence electrons. The molecule has 0 aliphatic carbocycles. The summed E-state index contributed by atoms with van der Waals surface area (Å²) >= 11 is 0. The van der Waals surface area contributed by atoms with Crippen molar-refractivity contribution in [2.24, 2.45) is 5.41 Å². The smallest absolute Gasteiger partial charge is 0.0419 e. The number of nitrogens with one attached hydrogen (secondary N) is 1. The molecule has 2 rings (SSSR count). The number of anilines is 1. The molecule has 0 heterocycles. The summed E-state index contributed by atoms with van der Waals surface area (Å²) in [5, 5.41) is 6.18. The van der Waals surface area contributed by atoms with Crippen molar-refractivity contribution in [2.75, 3.05) is 11.9 Å². The summed E-state index contributed by atoms with van der Waals surface area (Å²) in [7, 11) is 0. The second-order valence-electron chi connectivity index (χ2n) is 6.12. The maximum Gasteiger partial charge on any atom is 0.0419 e. The molecular weight excluding hydrogens is 218 g/mol. The molecule has 0 unspecified atom stereocenters. The Kier molecular flexibility index (Phi) is 3.90. The van der Waals surface area contributed by atoms with E-state index in [4.69, 9.17) is 0 Å². The highest BCUT2D eigenvalue weighted by Gasteiger charge is 2.08. The number of hydrogen-bond acceptors (Lipinski definition) is 1. The van der Waals surface area contributed by atoms with Gasteiger partial charge in [0.25, 0.3) is 0 Å². The van der Waals surface area contributed by atoms with E-state index in [1.165, 1.54) is 29.3 Å². The van der Waals surface area contributed by atoms with Gasteiger partial charge in [0.05, 0.1) is 0 Å². The Balaban J connectivity index is 2.00. The van der Waals surface area contributed by atoms with E-state index in [1.54, 1.807) is 0 Å². The molecule has 0 atom stereocenters. The number of hydrogen-bond donors (Lipinski definition) is 1. The van der Waals surface area contributed by atoms with Crippen molar-refractivity contribution >= 4 is 16.5 Å². The van der Waals surface area contributed by atoms with Crippen LogP contribution in [0.4, 0.5) is 5.69 Å². The van der Waals surface area contributed by atoms with Gasteiger partial charge in [-0.3, -0.25) is 0 Å². The largest absolute Gasteiger partial charge is 0.385 e. The van der Waals surface area contributed by atoms with Crippen LogP contribution in [0.5, 0.6) is 0 Å². The van der Waals surface area contributed by atoms with Crippen molar-refractivity contribution in [2.45, 2.75) is 33.6 Å². The molecule has 0 fully saturated rings. The molecule has 0 saturated heterocycles. The first-order valence-electron chi connectivity index (χ1n) is 6.78. The zero-order valence-electron chi connectivity index (χ0n) is 11.7.